The molecule has 0 aromatic heterocycles. The highest BCUT2D eigenvalue weighted by Gasteiger charge is 2.19. The lowest BCUT2D eigenvalue weighted by Crippen LogP contribution is -2.08. The number of hydrogen-bond acceptors (Lipinski definition) is 1. The van der Waals surface area contributed by atoms with E-state index in [1.807, 2.05) is 0 Å². The summed E-state index contributed by atoms with van der Waals surface area (Å²) in [6.07, 6.45) is 0.997. The molecule has 0 amide bonds. The van der Waals surface area contributed by atoms with Crippen LogP contribution >= 0.6 is 11.6 Å². The molecule has 0 spiro atoms. The second kappa shape index (κ2) is 3.64. The zero-order valence-electron chi connectivity index (χ0n) is 7.19. The molecule has 1 aliphatic heterocycles. The molecule has 1 nitrogen and oxygen atoms in total. The summed E-state index contributed by atoms with van der Waals surface area (Å²) in [5.74, 6) is 0.150. The minimum Gasteiger partial charge on any atom is -0.316 e. The van der Waals surface area contributed by atoms with E-state index in [-0.39, 0.29) is 5.82 Å². The minimum atomic E-state index is -0.141. The van der Waals surface area contributed by atoms with E-state index in [1.54, 1.807) is 12.1 Å². The Morgan fingerprint density at radius 2 is 2.31 bits per heavy atom. The zero-order chi connectivity index (χ0) is 9.26. The Morgan fingerprint density at radius 1 is 1.46 bits per heavy atom. The summed E-state index contributed by atoms with van der Waals surface area (Å²) < 4.78 is 13.3. The molecule has 0 radical (unpaired) electrons. The molecule has 1 aliphatic rings. The molecule has 2 rings (SSSR count). The van der Waals surface area contributed by atoms with Gasteiger partial charge in [0.2, 0.25) is 0 Å². The molecule has 1 saturated heterocycles. The van der Waals surface area contributed by atoms with Crippen LogP contribution in [0.3, 0.4) is 0 Å². The Morgan fingerprint density at radius 3 is 3.00 bits per heavy atom. The quantitative estimate of drug-likeness (QED) is 0.733. The van der Waals surface area contributed by atoms with E-state index in [2.05, 4.69) is 5.32 Å². The molecule has 1 aromatic carbocycles. The molecule has 1 heterocycles. The van der Waals surface area contributed by atoms with Gasteiger partial charge in [-0.2, -0.15) is 0 Å². The van der Waals surface area contributed by atoms with E-state index in [0.717, 1.165) is 25.1 Å². The van der Waals surface area contributed by atoms with Gasteiger partial charge in [0.1, 0.15) is 5.82 Å². The van der Waals surface area contributed by atoms with Crippen LogP contribution in [0.25, 0.3) is 0 Å². The van der Waals surface area contributed by atoms with Gasteiger partial charge in [-0.1, -0.05) is 11.6 Å². The molecule has 0 unspecified atom stereocenters. The summed E-state index contributed by atoms with van der Waals surface area (Å²) in [6, 6.07) is 4.76. The van der Waals surface area contributed by atoms with Crippen LogP contribution in [0.4, 0.5) is 4.39 Å². The second-order valence-electron chi connectivity index (χ2n) is 3.36. The highest BCUT2D eigenvalue weighted by Crippen LogP contribution is 2.27. The van der Waals surface area contributed by atoms with Crippen LogP contribution in [-0.2, 0) is 0 Å². The van der Waals surface area contributed by atoms with E-state index < -0.39 is 0 Å². The Kier molecular flexibility index (Phi) is 2.51. The molecule has 1 fully saturated rings. The standard InChI is InChI=1S/C10H11ClFN/c11-8-1-2-10(12)9(5-8)7-3-4-13-6-7/h1-2,5,7,13H,3-4,6H2/t7-/m1/s1. The lowest BCUT2D eigenvalue weighted by atomic mass is 9.98. The number of benzene rings is 1. The van der Waals surface area contributed by atoms with Gasteiger partial charge in [0.05, 0.1) is 0 Å². The van der Waals surface area contributed by atoms with Crippen molar-refractivity contribution in [2.75, 3.05) is 13.1 Å². The minimum absolute atomic E-state index is 0.141. The van der Waals surface area contributed by atoms with Crippen molar-refractivity contribution in [1.82, 2.24) is 5.32 Å². The number of halogens is 2. The van der Waals surface area contributed by atoms with Crippen molar-refractivity contribution in [2.24, 2.45) is 0 Å². The van der Waals surface area contributed by atoms with Crippen molar-refractivity contribution in [3.8, 4) is 0 Å². The topological polar surface area (TPSA) is 12.0 Å². The summed E-state index contributed by atoms with van der Waals surface area (Å²) in [6.45, 7) is 1.83. The van der Waals surface area contributed by atoms with Gasteiger partial charge in [0.15, 0.2) is 0 Å². The van der Waals surface area contributed by atoms with Crippen LogP contribution in [0.1, 0.15) is 17.9 Å². The average molecular weight is 200 g/mol. The van der Waals surface area contributed by atoms with Crippen LogP contribution < -0.4 is 5.32 Å². The summed E-state index contributed by atoms with van der Waals surface area (Å²) in [4.78, 5) is 0. The lowest BCUT2D eigenvalue weighted by molar-refractivity contribution is 0.588. The first-order valence-electron chi connectivity index (χ1n) is 4.43. The summed E-state index contributed by atoms with van der Waals surface area (Å²) in [7, 11) is 0. The van der Waals surface area contributed by atoms with E-state index in [9.17, 15) is 4.39 Å². The predicted molar refractivity (Wildman–Crippen MR) is 51.6 cm³/mol. The molecule has 13 heavy (non-hydrogen) atoms. The first-order valence-corrected chi connectivity index (χ1v) is 4.81. The Hall–Kier alpha value is -0.600. The van der Waals surface area contributed by atoms with E-state index in [0.29, 0.717) is 10.9 Å². The Labute approximate surface area is 81.9 Å². The highest BCUT2D eigenvalue weighted by molar-refractivity contribution is 6.30. The molecule has 1 N–H and O–H groups in total. The second-order valence-corrected chi connectivity index (χ2v) is 3.79. The molecule has 1 atom stereocenters. The fraction of sp³-hybridized carbons (Fsp3) is 0.400. The maximum Gasteiger partial charge on any atom is 0.126 e. The normalized spacial score (nSPS) is 22.2. The summed E-state index contributed by atoms with van der Waals surface area (Å²) in [5.41, 5.74) is 0.748. The molecule has 1 aromatic rings. The molecule has 70 valence electrons. The number of rotatable bonds is 1. The Balaban J connectivity index is 2.32. The van der Waals surface area contributed by atoms with Crippen LogP contribution in [0, 0.1) is 5.82 Å². The Bertz CT molecular complexity index is 308. The largest absolute Gasteiger partial charge is 0.316 e. The third kappa shape index (κ3) is 1.84. The number of hydrogen-bond donors (Lipinski definition) is 1. The SMILES string of the molecule is Fc1ccc(Cl)cc1[C@@H]1CCNC1. The van der Waals surface area contributed by atoms with Crippen molar-refractivity contribution in [2.45, 2.75) is 12.3 Å². The van der Waals surface area contributed by atoms with Crippen molar-refractivity contribution in [3.05, 3.63) is 34.6 Å². The summed E-state index contributed by atoms with van der Waals surface area (Å²) in [5, 5.41) is 3.82. The monoisotopic (exact) mass is 199 g/mol. The zero-order valence-corrected chi connectivity index (χ0v) is 7.94. The van der Waals surface area contributed by atoms with Gasteiger partial charge in [-0.05, 0) is 36.7 Å². The fourth-order valence-electron chi connectivity index (χ4n) is 1.75. The fourth-order valence-corrected chi connectivity index (χ4v) is 1.93. The van der Waals surface area contributed by atoms with Gasteiger partial charge >= 0.3 is 0 Å². The van der Waals surface area contributed by atoms with Crippen molar-refractivity contribution < 1.29 is 4.39 Å². The molecule has 0 bridgehead atoms. The van der Waals surface area contributed by atoms with Crippen molar-refractivity contribution in [3.63, 3.8) is 0 Å². The van der Waals surface area contributed by atoms with Gasteiger partial charge in [0, 0.05) is 17.5 Å². The predicted octanol–water partition coefficient (Wildman–Crippen LogP) is 2.56. The lowest BCUT2D eigenvalue weighted by Gasteiger charge is -2.09. The van der Waals surface area contributed by atoms with Gasteiger partial charge in [-0.25, -0.2) is 4.39 Å². The summed E-state index contributed by atoms with van der Waals surface area (Å²) >= 11 is 5.81. The first kappa shape index (κ1) is 8.97. The maximum atomic E-state index is 13.3. The highest BCUT2D eigenvalue weighted by atomic mass is 35.5. The maximum absolute atomic E-state index is 13.3. The molecular formula is C10H11ClFN. The van der Waals surface area contributed by atoms with Gasteiger partial charge in [-0.15, -0.1) is 0 Å². The van der Waals surface area contributed by atoms with E-state index in [4.69, 9.17) is 11.6 Å². The molecule has 0 saturated carbocycles. The third-order valence-corrected chi connectivity index (χ3v) is 2.69. The van der Waals surface area contributed by atoms with Crippen LogP contribution in [0.5, 0.6) is 0 Å². The van der Waals surface area contributed by atoms with Gasteiger partial charge < -0.3 is 5.32 Å². The van der Waals surface area contributed by atoms with Gasteiger partial charge in [0.25, 0.3) is 0 Å². The van der Waals surface area contributed by atoms with Crippen LogP contribution in [-0.4, -0.2) is 13.1 Å². The average Bonchev–Trinajstić information content (AvgIpc) is 2.61. The third-order valence-electron chi connectivity index (χ3n) is 2.46. The van der Waals surface area contributed by atoms with E-state index >= 15 is 0 Å². The van der Waals surface area contributed by atoms with Crippen LogP contribution in [0.15, 0.2) is 18.2 Å². The van der Waals surface area contributed by atoms with Crippen molar-refractivity contribution >= 4 is 11.6 Å². The molecule has 3 heteroatoms. The first-order chi connectivity index (χ1) is 6.27. The van der Waals surface area contributed by atoms with Gasteiger partial charge in [-0.3, -0.25) is 0 Å². The molecule has 0 aliphatic carbocycles. The molecular weight excluding hydrogens is 189 g/mol. The van der Waals surface area contributed by atoms with Crippen molar-refractivity contribution in [1.29, 1.82) is 0 Å². The smallest absolute Gasteiger partial charge is 0.126 e. The van der Waals surface area contributed by atoms with E-state index in [1.165, 1.54) is 6.07 Å². The van der Waals surface area contributed by atoms with Crippen LogP contribution in [0.2, 0.25) is 5.02 Å². The number of nitrogens with one attached hydrogen (secondary N) is 1.